The molecule has 0 aliphatic rings. The molecule has 0 aromatic rings. The molecule has 0 heterocycles. The quantitative estimate of drug-likeness (QED) is 0.395. The van der Waals surface area contributed by atoms with E-state index < -0.39 is 0 Å². The molecule has 0 spiro atoms. The van der Waals surface area contributed by atoms with Crippen LogP contribution < -0.4 is 0 Å². The van der Waals surface area contributed by atoms with Crippen LogP contribution in [0.3, 0.4) is 0 Å². The van der Waals surface area contributed by atoms with Gasteiger partial charge < -0.3 is 0 Å². The fourth-order valence-corrected chi connectivity index (χ4v) is 1.32. The summed E-state index contributed by atoms with van der Waals surface area (Å²) >= 11 is 0.677. The van der Waals surface area contributed by atoms with Crippen molar-refractivity contribution in [2.75, 3.05) is 7.11 Å². The van der Waals surface area contributed by atoms with Gasteiger partial charge in [0.1, 0.15) is 0 Å². The van der Waals surface area contributed by atoms with Gasteiger partial charge in [-0.3, -0.25) is 0 Å². The second-order valence-corrected chi connectivity index (χ2v) is 2.99. The van der Waals surface area contributed by atoms with Crippen LogP contribution in [0.15, 0.2) is 11.8 Å². The van der Waals surface area contributed by atoms with E-state index in [1.807, 2.05) is 13.8 Å². The van der Waals surface area contributed by atoms with E-state index in [1.165, 1.54) is 6.08 Å². The van der Waals surface area contributed by atoms with Gasteiger partial charge in [-0.1, -0.05) is 0 Å². The Morgan fingerprint density at radius 2 is 2.25 bits per heavy atom. The number of carbonyl (C=O) groups excluding carboxylic acids is 1. The third kappa shape index (κ3) is 3.99. The van der Waals surface area contributed by atoms with E-state index in [0.29, 0.717) is 31.1 Å². The maximum absolute atomic E-state index is 11.0. The molecule has 3 nitrogen and oxygen atoms in total. The number of ketones is 1. The second-order valence-electron chi connectivity index (χ2n) is 2.39. The topological polar surface area (TPSA) is 35.5 Å². The van der Waals surface area contributed by atoms with Gasteiger partial charge in [-0.15, -0.1) is 0 Å². The van der Waals surface area contributed by atoms with Crippen LogP contribution in [-0.2, 0) is 13.1 Å². The van der Waals surface area contributed by atoms with Crippen LogP contribution in [0, 0.1) is 0 Å². The van der Waals surface area contributed by atoms with Crippen molar-refractivity contribution in [3.8, 4) is 0 Å². The number of rotatable bonds is 5. The number of allylic oxidation sites excluding steroid dienone is 1. The third-order valence-electron chi connectivity index (χ3n) is 1.57. The van der Waals surface area contributed by atoms with Gasteiger partial charge in [0, 0.05) is 0 Å². The van der Waals surface area contributed by atoms with E-state index in [4.69, 9.17) is 8.27 Å². The molecular weight excluding hydrogens is 214 g/mol. The van der Waals surface area contributed by atoms with Crippen LogP contribution in [0.4, 0.5) is 0 Å². The van der Waals surface area contributed by atoms with Gasteiger partial charge in [-0.05, 0) is 0 Å². The summed E-state index contributed by atoms with van der Waals surface area (Å²) in [6, 6.07) is 0. The average molecular weight is 228 g/mol. The Morgan fingerprint density at radius 1 is 1.67 bits per heavy atom. The minimum absolute atomic E-state index is 0.0716. The fraction of sp³-hybridized carbons (Fsp3) is 0.625. The van der Waals surface area contributed by atoms with E-state index in [0.717, 1.165) is 0 Å². The normalized spacial score (nSPS) is 14.1. The summed E-state index contributed by atoms with van der Waals surface area (Å²) in [6.07, 6.45) is 1.88. The molecule has 0 aliphatic carbocycles. The predicted octanol–water partition coefficient (Wildman–Crippen LogP) is 0.717. The van der Waals surface area contributed by atoms with Crippen molar-refractivity contribution in [1.29, 1.82) is 0 Å². The van der Waals surface area contributed by atoms with Crippen LogP contribution in [0.5, 0.6) is 0 Å². The standard InChI is InChI=1S/C8H14O3.Ga.H/c1-4-7(9)5-8(10)6(2)11-3;;/h5-6,10H,4H2,1-3H3;;/q;+1;/p-1. The SMILES string of the molecule is CCC(=O)C=C([O][GaH])C(C)OC. The Labute approximate surface area is 83.4 Å². The van der Waals surface area contributed by atoms with E-state index in [-0.39, 0.29) is 11.9 Å². The van der Waals surface area contributed by atoms with Crippen molar-refractivity contribution < 1.29 is 13.1 Å². The van der Waals surface area contributed by atoms with Crippen molar-refractivity contribution >= 4 is 24.7 Å². The monoisotopic (exact) mass is 227 g/mol. The van der Waals surface area contributed by atoms with E-state index in [2.05, 4.69) is 0 Å². The van der Waals surface area contributed by atoms with Crippen molar-refractivity contribution in [2.24, 2.45) is 0 Å². The number of carbonyl (C=O) groups is 1. The van der Waals surface area contributed by atoms with Gasteiger partial charge >= 0.3 is 83.1 Å². The van der Waals surface area contributed by atoms with Gasteiger partial charge in [0.15, 0.2) is 0 Å². The average Bonchev–Trinajstić information content (AvgIpc) is 2.12. The zero-order valence-corrected chi connectivity index (χ0v) is 10.8. The van der Waals surface area contributed by atoms with Crippen LogP contribution in [0.1, 0.15) is 20.3 Å². The molecule has 4 heteroatoms. The molecule has 67 valence electrons. The Morgan fingerprint density at radius 3 is 2.58 bits per heavy atom. The molecule has 0 aromatic carbocycles. The fourth-order valence-electron chi connectivity index (χ4n) is 0.653. The van der Waals surface area contributed by atoms with Gasteiger partial charge in [-0.25, -0.2) is 0 Å². The number of methoxy groups -OCH3 is 1. The summed E-state index contributed by atoms with van der Waals surface area (Å²) in [4.78, 5) is 11.0. The molecule has 0 aliphatic heterocycles. The molecule has 0 bridgehead atoms. The van der Waals surface area contributed by atoms with E-state index in [1.54, 1.807) is 7.11 Å². The van der Waals surface area contributed by atoms with Crippen molar-refractivity contribution in [3.63, 3.8) is 0 Å². The van der Waals surface area contributed by atoms with Crippen LogP contribution in [0.2, 0.25) is 0 Å². The van der Waals surface area contributed by atoms with Crippen LogP contribution in [-0.4, -0.2) is 38.0 Å². The molecule has 0 amide bonds. The first-order chi connectivity index (χ1) is 5.65. The first-order valence-corrected chi connectivity index (χ1v) is 5.06. The summed E-state index contributed by atoms with van der Waals surface area (Å²) in [5, 5.41) is 0. The summed E-state index contributed by atoms with van der Waals surface area (Å²) in [5.41, 5.74) is 0. The second kappa shape index (κ2) is 6.34. The Hall–Kier alpha value is -0.194. The summed E-state index contributed by atoms with van der Waals surface area (Å²) in [7, 11) is 1.59. The molecule has 0 fully saturated rings. The predicted molar refractivity (Wildman–Crippen MR) is 48.1 cm³/mol. The Balaban J connectivity index is 4.31. The molecule has 12 heavy (non-hydrogen) atoms. The Kier molecular flexibility index (Phi) is 6.23. The van der Waals surface area contributed by atoms with Gasteiger partial charge in [0.2, 0.25) is 0 Å². The number of ether oxygens (including phenoxy) is 1. The maximum atomic E-state index is 11.0. The molecule has 0 saturated carbocycles. The van der Waals surface area contributed by atoms with Crippen molar-refractivity contribution in [1.82, 2.24) is 0 Å². The molecular formula is C8H14GaO3. The molecule has 1 radical (unpaired) electrons. The number of hydrogen-bond donors (Lipinski definition) is 0. The molecule has 0 rings (SSSR count). The molecule has 0 saturated heterocycles. The summed E-state index contributed by atoms with van der Waals surface area (Å²) in [6.45, 7) is 3.67. The van der Waals surface area contributed by atoms with Crippen molar-refractivity contribution in [2.45, 2.75) is 26.4 Å². The van der Waals surface area contributed by atoms with Gasteiger partial charge in [-0.2, -0.15) is 0 Å². The van der Waals surface area contributed by atoms with Crippen LogP contribution >= 0.6 is 0 Å². The third-order valence-corrected chi connectivity index (χ3v) is 2.27. The zero-order valence-electron chi connectivity index (χ0n) is 7.79. The van der Waals surface area contributed by atoms with Crippen molar-refractivity contribution in [3.05, 3.63) is 11.8 Å². The first kappa shape index (κ1) is 11.8. The molecule has 1 atom stereocenters. The van der Waals surface area contributed by atoms with E-state index >= 15 is 0 Å². The Bertz CT molecular complexity index is 177. The summed E-state index contributed by atoms with van der Waals surface area (Å²) in [5.74, 6) is 0.701. The number of hydrogen-bond acceptors (Lipinski definition) is 3. The molecule has 1 unspecified atom stereocenters. The molecule has 0 N–H and O–H groups in total. The van der Waals surface area contributed by atoms with Crippen LogP contribution in [0.25, 0.3) is 0 Å². The zero-order chi connectivity index (χ0) is 9.56. The summed E-state index contributed by atoms with van der Waals surface area (Å²) < 4.78 is 10.1. The first-order valence-electron chi connectivity index (χ1n) is 3.84. The van der Waals surface area contributed by atoms with Gasteiger partial charge in [0.05, 0.1) is 0 Å². The van der Waals surface area contributed by atoms with E-state index in [9.17, 15) is 4.79 Å². The molecule has 0 aromatic heterocycles. The minimum atomic E-state index is -0.130. The van der Waals surface area contributed by atoms with Gasteiger partial charge in [0.25, 0.3) is 0 Å².